The van der Waals surface area contributed by atoms with Gasteiger partial charge >= 0.3 is 0 Å². The average molecular weight is 206 g/mol. The number of nitrogens with one attached hydrogen (secondary N) is 1. The van der Waals surface area contributed by atoms with Crippen molar-refractivity contribution in [2.24, 2.45) is 0 Å². The summed E-state index contributed by atoms with van der Waals surface area (Å²) in [4.78, 5) is 6.11. The highest BCUT2D eigenvalue weighted by Crippen LogP contribution is 2.04. The van der Waals surface area contributed by atoms with E-state index >= 15 is 0 Å². The molecule has 4 heteroatoms. The summed E-state index contributed by atoms with van der Waals surface area (Å²) in [5.41, 5.74) is 4.28. The third-order valence-electron chi connectivity index (χ3n) is 1.96. The first kappa shape index (κ1) is 11.5. The number of aromatic nitrogens is 1. The number of hydrazine groups is 1. The molecule has 82 valence electrons. The van der Waals surface area contributed by atoms with E-state index in [2.05, 4.69) is 17.0 Å². The molecule has 0 amide bonds. The maximum atomic E-state index is 4.07. The summed E-state index contributed by atoms with van der Waals surface area (Å²) < 4.78 is 0. The minimum absolute atomic E-state index is 0.799. The Kier molecular flexibility index (Phi) is 4.12. The lowest BCUT2D eigenvalue weighted by Gasteiger charge is -2.25. The zero-order chi connectivity index (χ0) is 11.3. The maximum Gasteiger partial charge on any atom is 0.109 e. The van der Waals surface area contributed by atoms with Crippen molar-refractivity contribution in [2.45, 2.75) is 6.54 Å². The Hall–Kier alpha value is -1.55. The first-order valence-electron chi connectivity index (χ1n) is 4.82. The van der Waals surface area contributed by atoms with Crippen LogP contribution in [0.15, 0.2) is 36.9 Å². The lowest BCUT2D eigenvalue weighted by Crippen LogP contribution is -2.36. The number of pyridine rings is 1. The lowest BCUT2D eigenvalue weighted by molar-refractivity contribution is 0.256. The molecule has 1 aromatic heterocycles. The Morgan fingerprint density at radius 3 is 2.73 bits per heavy atom. The van der Waals surface area contributed by atoms with Gasteiger partial charge in [0.2, 0.25) is 0 Å². The molecule has 1 rings (SSSR count). The zero-order valence-electron chi connectivity index (χ0n) is 9.57. The Labute approximate surface area is 91.2 Å². The van der Waals surface area contributed by atoms with Gasteiger partial charge in [-0.15, -0.1) is 0 Å². The van der Waals surface area contributed by atoms with Gasteiger partial charge < -0.3 is 10.3 Å². The summed E-state index contributed by atoms with van der Waals surface area (Å²) in [7, 11) is 5.86. The minimum Gasteiger partial charge on any atom is -0.357 e. The van der Waals surface area contributed by atoms with E-state index in [4.69, 9.17) is 0 Å². The standard InChI is InChI=1S/C11H18N4/c1-10(13-14(2)3)15(4)9-11-6-5-7-12-8-11/h5-8,13H,1,9H2,2-4H3. The summed E-state index contributed by atoms with van der Waals surface area (Å²) >= 11 is 0. The van der Waals surface area contributed by atoms with Crippen molar-refractivity contribution >= 4 is 0 Å². The predicted molar refractivity (Wildman–Crippen MR) is 61.7 cm³/mol. The van der Waals surface area contributed by atoms with E-state index in [1.807, 2.05) is 49.4 Å². The molecule has 0 spiro atoms. The normalized spacial score (nSPS) is 10.1. The van der Waals surface area contributed by atoms with Crippen LogP contribution in [-0.2, 0) is 6.54 Å². The van der Waals surface area contributed by atoms with Gasteiger partial charge in [-0.1, -0.05) is 12.6 Å². The van der Waals surface area contributed by atoms with Crippen LogP contribution in [0.5, 0.6) is 0 Å². The van der Waals surface area contributed by atoms with Crippen LogP contribution in [0, 0.1) is 0 Å². The molecule has 1 N–H and O–H groups in total. The van der Waals surface area contributed by atoms with Crippen molar-refractivity contribution in [2.75, 3.05) is 21.1 Å². The molecule has 4 nitrogen and oxygen atoms in total. The van der Waals surface area contributed by atoms with Gasteiger partial charge in [0.05, 0.1) is 0 Å². The van der Waals surface area contributed by atoms with E-state index in [0.29, 0.717) is 0 Å². The second-order valence-electron chi connectivity index (χ2n) is 3.67. The van der Waals surface area contributed by atoms with Gasteiger partial charge in [-0.3, -0.25) is 4.98 Å². The molecule has 0 fully saturated rings. The van der Waals surface area contributed by atoms with Crippen molar-refractivity contribution in [3.05, 3.63) is 42.5 Å². The third-order valence-corrected chi connectivity index (χ3v) is 1.96. The molecule has 1 aromatic rings. The topological polar surface area (TPSA) is 31.4 Å². The van der Waals surface area contributed by atoms with Crippen molar-refractivity contribution in [3.63, 3.8) is 0 Å². The second kappa shape index (κ2) is 5.36. The van der Waals surface area contributed by atoms with Crippen LogP contribution >= 0.6 is 0 Å². The maximum absolute atomic E-state index is 4.07. The number of hydrogen-bond donors (Lipinski definition) is 1. The summed E-state index contributed by atoms with van der Waals surface area (Å²) in [6, 6.07) is 3.98. The Bertz CT molecular complexity index is 308. The summed E-state index contributed by atoms with van der Waals surface area (Å²) in [6.07, 6.45) is 3.63. The minimum atomic E-state index is 0.799. The Morgan fingerprint density at radius 1 is 1.47 bits per heavy atom. The summed E-state index contributed by atoms with van der Waals surface area (Å²) in [5, 5.41) is 1.86. The van der Waals surface area contributed by atoms with Crippen LogP contribution in [0.4, 0.5) is 0 Å². The largest absolute Gasteiger partial charge is 0.357 e. The molecule has 0 aliphatic carbocycles. The molecule has 0 saturated heterocycles. The van der Waals surface area contributed by atoms with Crippen LogP contribution in [-0.4, -0.2) is 36.0 Å². The average Bonchev–Trinajstić information content (AvgIpc) is 2.18. The molecule has 0 atom stereocenters. The zero-order valence-corrected chi connectivity index (χ0v) is 9.57. The monoisotopic (exact) mass is 206 g/mol. The fourth-order valence-electron chi connectivity index (χ4n) is 1.20. The van der Waals surface area contributed by atoms with E-state index in [1.54, 1.807) is 6.20 Å². The number of nitrogens with zero attached hydrogens (tertiary/aromatic N) is 3. The molecule has 0 bridgehead atoms. The molecular weight excluding hydrogens is 188 g/mol. The highest BCUT2D eigenvalue weighted by Gasteiger charge is 2.03. The molecule has 15 heavy (non-hydrogen) atoms. The van der Waals surface area contributed by atoms with Gasteiger partial charge in [-0.25, -0.2) is 5.01 Å². The molecule has 0 aliphatic rings. The predicted octanol–water partition coefficient (Wildman–Crippen LogP) is 1.05. The van der Waals surface area contributed by atoms with Gasteiger partial charge in [-0.05, 0) is 11.6 Å². The number of hydrogen-bond acceptors (Lipinski definition) is 4. The Balaban J connectivity index is 2.49. The number of rotatable bonds is 5. The van der Waals surface area contributed by atoms with E-state index in [-0.39, 0.29) is 0 Å². The van der Waals surface area contributed by atoms with Crippen molar-refractivity contribution in [3.8, 4) is 0 Å². The molecular formula is C11H18N4. The van der Waals surface area contributed by atoms with Crippen LogP contribution in [0.3, 0.4) is 0 Å². The molecule has 0 saturated carbocycles. The molecule has 0 aromatic carbocycles. The van der Waals surface area contributed by atoms with E-state index in [0.717, 1.165) is 12.4 Å². The molecule has 1 heterocycles. The summed E-state index contributed by atoms with van der Waals surface area (Å²) in [6.45, 7) is 4.74. The van der Waals surface area contributed by atoms with Gasteiger partial charge in [0.15, 0.2) is 0 Å². The summed E-state index contributed by atoms with van der Waals surface area (Å²) in [5.74, 6) is 0.865. The fraction of sp³-hybridized carbons (Fsp3) is 0.364. The van der Waals surface area contributed by atoms with Gasteiger partial charge in [0.25, 0.3) is 0 Å². The first-order valence-corrected chi connectivity index (χ1v) is 4.82. The second-order valence-corrected chi connectivity index (χ2v) is 3.67. The van der Waals surface area contributed by atoms with Crippen molar-refractivity contribution in [1.82, 2.24) is 20.3 Å². The highest BCUT2D eigenvalue weighted by molar-refractivity contribution is 5.09. The smallest absolute Gasteiger partial charge is 0.109 e. The quantitative estimate of drug-likeness (QED) is 0.730. The Morgan fingerprint density at radius 2 is 2.20 bits per heavy atom. The lowest BCUT2D eigenvalue weighted by atomic mass is 10.3. The van der Waals surface area contributed by atoms with E-state index in [9.17, 15) is 0 Å². The van der Waals surface area contributed by atoms with Gasteiger partial charge in [0.1, 0.15) is 5.82 Å². The van der Waals surface area contributed by atoms with E-state index < -0.39 is 0 Å². The molecule has 0 unspecified atom stereocenters. The highest BCUT2D eigenvalue weighted by atomic mass is 15.5. The van der Waals surface area contributed by atoms with Crippen molar-refractivity contribution in [1.29, 1.82) is 0 Å². The molecule has 0 radical (unpaired) electrons. The fourth-order valence-corrected chi connectivity index (χ4v) is 1.20. The first-order chi connectivity index (χ1) is 7.09. The van der Waals surface area contributed by atoms with Gasteiger partial charge in [-0.2, -0.15) is 0 Å². The SMILES string of the molecule is C=C(NN(C)C)N(C)Cc1cccnc1. The third kappa shape index (κ3) is 3.99. The van der Waals surface area contributed by atoms with Crippen LogP contribution in [0.2, 0.25) is 0 Å². The van der Waals surface area contributed by atoms with Gasteiger partial charge in [0, 0.05) is 40.1 Å². The van der Waals surface area contributed by atoms with Crippen LogP contribution in [0.1, 0.15) is 5.56 Å². The molecule has 0 aliphatic heterocycles. The van der Waals surface area contributed by atoms with Crippen LogP contribution in [0.25, 0.3) is 0 Å². The van der Waals surface area contributed by atoms with Crippen LogP contribution < -0.4 is 5.43 Å². The van der Waals surface area contributed by atoms with Crippen molar-refractivity contribution < 1.29 is 0 Å². The van der Waals surface area contributed by atoms with E-state index in [1.165, 1.54) is 5.56 Å².